The number of phosphoric ester groups is 1. The Labute approximate surface area is 363 Å². The minimum absolute atomic E-state index is 0.0167. The maximum atomic E-state index is 13.0. The number of aromatic nitrogens is 5. The van der Waals surface area contributed by atoms with Gasteiger partial charge in [0.25, 0.3) is 11.5 Å². The number of hydrogen-bond acceptors (Lipinski definition) is 16. The number of aliphatic hydroxyl groups is 1. The summed E-state index contributed by atoms with van der Waals surface area (Å²) in [5.74, 6) is -0.597. The molecule has 4 heterocycles. The third kappa shape index (κ3) is 11.6. The van der Waals surface area contributed by atoms with Gasteiger partial charge in [0.2, 0.25) is 28.7 Å². The number of amides is 2. The lowest BCUT2D eigenvalue weighted by molar-refractivity contribution is -0.745. The average Bonchev–Trinajstić information content (AvgIpc) is 3.67. The first-order valence-corrected chi connectivity index (χ1v) is 23.8. The first kappa shape index (κ1) is 48.4. The van der Waals surface area contributed by atoms with Gasteiger partial charge in [-0.25, -0.2) is 23.1 Å². The molecule has 348 valence electrons. The topological polar surface area (TPSA) is 348 Å². The van der Waals surface area contributed by atoms with E-state index in [2.05, 4.69) is 64.1 Å². The van der Waals surface area contributed by atoms with Crippen LogP contribution in [0.5, 0.6) is 0 Å². The van der Waals surface area contributed by atoms with Crippen molar-refractivity contribution in [2.24, 2.45) is 7.05 Å². The number of nitrogens with zero attached hydrogens (tertiary/aromatic N) is 6. The van der Waals surface area contributed by atoms with Gasteiger partial charge < -0.3 is 60.3 Å². The molecule has 64 heavy (non-hydrogen) atoms. The number of alkyl carbamates (subject to hydrolysis) is 1. The maximum Gasteiger partial charge on any atom is 0.490 e. The highest BCUT2D eigenvalue weighted by Gasteiger charge is 2.51. The average molecular weight is 959 g/mol. The molecule has 3 aromatic heterocycles. The third-order valence-electron chi connectivity index (χ3n) is 9.89. The van der Waals surface area contributed by atoms with E-state index in [0.717, 1.165) is 37.7 Å². The highest BCUT2D eigenvalue weighted by molar-refractivity contribution is 7.66. The number of aryl methyl sites for hydroxylation is 2. The number of pyridine rings is 1. The smallest absolute Gasteiger partial charge is 0.440 e. The van der Waals surface area contributed by atoms with Crippen molar-refractivity contribution in [2.75, 3.05) is 63.4 Å². The quantitative estimate of drug-likeness (QED) is 0.0244. The van der Waals surface area contributed by atoms with E-state index >= 15 is 0 Å². The summed E-state index contributed by atoms with van der Waals surface area (Å²) < 4.78 is 63.5. The van der Waals surface area contributed by atoms with Gasteiger partial charge in [-0.1, -0.05) is 4.98 Å². The molecule has 6 atom stereocenters. The van der Waals surface area contributed by atoms with Crippen LogP contribution in [0.15, 0.2) is 53.6 Å². The predicted octanol–water partition coefficient (Wildman–Crippen LogP) is 0.150. The first-order chi connectivity index (χ1) is 29.9. The molecule has 6 rings (SSSR count). The van der Waals surface area contributed by atoms with E-state index in [1.807, 2.05) is 50.1 Å². The number of aromatic amines is 1. The molecule has 1 aliphatic rings. The van der Waals surface area contributed by atoms with E-state index in [1.165, 1.54) is 17.9 Å². The molecule has 0 spiro atoms. The lowest BCUT2D eigenvalue weighted by atomic mass is 10.1. The number of imidazole rings is 1. The SMILES string of the molecule is CN(C)c1ccc2cc3ccc(N(C)C)cc3[n+](CCCC(=O)NCCNC(=O)O[C@H]3[C@@H](O)[C@H]([n+]4cn(C)c5c(=O)[nH]c(N)nc54)O[C@@H]3COP(=O)(O)OP(=O)(O)OP(=O)(O)O)c2c1. The second-order valence-electron chi connectivity index (χ2n) is 15.0. The zero-order valence-electron chi connectivity index (χ0n) is 35.0. The molecule has 0 aliphatic carbocycles. The normalized spacial score (nSPS) is 19.7. The van der Waals surface area contributed by atoms with Crippen LogP contribution in [0.2, 0.25) is 0 Å². The molecule has 2 unspecified atom stereocenters. The molecular formula is C35H49N10O16P3+2. The number of benzene rings is 2. The van der Waals surface area contributed by atoms with Gasteiger partial charge in [-0.15, -0.1) is 0 Å². The van der Waals surface area contributed by atoms with E-state index in [4.69, 9.17) is 29.5 Å². The van der Waals surface area contributed by atoms with E-state index < -0.39 is 66.3 Å². The van der Waals surface area contributed by atoms with Crippen molar-refractivity contribution in [1.29, 1.82) is 0 Å². The number of aliphatic hydroxyl groups excluding tert-OH is 1. The Bertz CT molecular complexity index is 2720. The number of hydrogen-bond donors (Lipinski definition) is 9. The number of anilines is 3. The molecule has 0 radical (unpaired) electrons. The second kappa shape index (κ2) is 19.2. The molecule has 10 N–H and O–H groups in total. The highest BCUT2D eigenvalue weighted by atomic mass is 31.3. The molecule has 1 fully saturated rings. The van der Waals surface area contributed by atoms with Crippen LogP contribution in [0, 0.1) is 0 Å². The Morgan fingerprint density at radius 2 is 1.55 bits per heavy atom. The van der Waals surface area contributed by atoms with E-state index in [1.54, 1.807) is 0 Å². The minimum Gasteiger partial charge on any atom is -0.440 e. The number of ether oxygens (including phenoxy) is 2. The third-order valence-corrected chi connectivity index (χ3v) is 13.7. The minimum atomic E-state index is -5.89. The molecule has 0 bridgehead atoms. The molecule has 1 saturated heterocycles. The van der Waals surface area contributed by atoms with Gasteiger partial charge in [0.05, 0.1) is 13.7 Å². The summed E-state index contributed by atoms with van der Waals surface area (Å²) >= 11 is 0. The van der Waals surface area contributed by atoms with Gasteiger partial charge in [0.1, 0.15) is 12.6 Å². The molecule has 26 nitrogen and oxygen atoms in total. The number of nitrogen functional groups attached to an aromatic ring is 1. The van der Waals surface area contributed by atoms with Crippen LogP contribution in [-0.4, -0.2) is 117 Å². The maximum absolute atomic E-state index is 13.0. The fourth-order valence-corrected chi connectivity index (χ4v) is 10.1. The van der Waals surface area contributed by atoms with Gasteiger partial charge >= 0.3 is 35.2 Å². The Hall–Kier alpha value is -5.07. The molecule has 29 heteroatoms. The monoisotopic (exact) mass is 958 g/mol. The van der Waals surface area contributed by atoms with Crippen LogP contribution in [0.25, 0.3) is 33.0 Å². The summed E-state index contributed by atoms with van der Waals surface area (Å²) in [7, 11) is -7.96. The molecule has 5 aromatic rings. The Kier molecular flexibility index (Phi) is 14.5. The lowest BCUT2D eigenvalue weighted by Gasteiger charge is -2.22. The first-order valence-electron chi connectivity index (χ1n) is 19.3. The molecule has 2 aromatic carbocycles. The summed E-state index contributed by atoms with van der Waals surface area (Å²) in [5, 5.41) is 18.6. The zero-order chi connectivity index (χ0) is 46.9. The van der Waals surface area contributed by atoms with E-state index in [0.29, 0.717) is 13.0 Å². The van der Waals surface area contributed by atoms with Gasteiger partial charge in [-0.2, -0.15) is 13.2 Å². The van der Waals surface area contributed by atoms with Gasteiger partial charge in [-0.05, 0) is 30.3 Å². The number of rotatable bonds is 18. The van der Waals surface area contributed by atoms with E-state index in [-0.39, 0.29) is 42.5 Å². The molecular weight excluding hydrogens is 909 g/mol. The van der Waals surface area contributed by atoms with Crippen molar-refractivity contribution in [2.45, 2.75) is 43.9 Å². The number of fused-ring (bicyclic) bond motifs is 3. The van der Waals surface area contributed by atoms with Crippen LogP contribution >= 0.6 is 23.5 Å². The van der Waals surface area contributed by atoms with Gasteiger partial charge in [0, 0.05) is 88.4 Å². The summed E-state index contributed by atoms with van der Waals surface area (Å²) in [6, 6.07) is 14.6. The number of carbonyl (C=O) groups is 2. The predicted molar refractivity (Wildman–Crippen MR) is 226 cm³/mol. The largest absolute Gasteiger partial charge is 0.490 e. The van der Waals surface area contributed by atoms with Crippen molar-refractivity contribution in [3.8, 4) is 0 Å². The van der Waals surface area contributed by atoms with Gasteiger partial charge in [0.15, 0.2) is 18.5 Å². The van der Waals surface area contributed by atoms with Gasteiger partial charge in [-0.3, -0.25) is 23.7 Å². The van der Waals surface area contributed by atoms with Crippen LogP contribution in [0.1, 0.15) is 19.1 Å². The summed E-state index contributed by atoms with van der Waals surface area (Å²) in [5.41, 5.74) is 9.01. The molecule has 2 amide bonds. The Morgan fingerprint density at radius 3 is 2.14 bits per heavy atom. The summed E-state index contributed by atoms with van der Waals surface area (Å²) in [6.07, 6.45) is -6.00. The molecule has 1 aliphatic heterocycles. The van der Waals surface area contributed by atoms with Crippen molar-refractivity contribution < 1.29 is 79.7 Å². The standard InChI is InChI=1S/C35H47N10O16P3/c1-41(2)22-10-8-20-15-21-9-11-23(42(3)4)17-25(21)44(24(20)16-22)14-6-7-27(46)37-12-13-38-35(49)59-30-26(18-57-63(53,54)61-64(55,56)60-62(50,51)52)58-33(29(30)47)45-19-43(5)28-31(45)39-34(36)40-32(28)48/h8-11,15-17,19,26,29-30,33,47H,6-7,12-14,18H2,1-5H3,(H7-2,36,37,38,39,40,46,48,49,50,51,52,53,54,55,56)/p+2/t26-,29-,30-,33-/m1/s1. The van der Waals surface area contributed by atoms with Crippen molar-refractivity contribution >= 4 is 85.8 Å². The molecule has 0 saturated carbocycles. The summed E-state index contributed by atoms with van der Waals surface area (Å²) in [4.78, 5) is 86.3. The van der Waals surface area contributed by atoms with Crippen LogP contribution < -0.4 is 40.9 Å². The highest BCUT2D eigenvalue weighted by Crippen LogP contribution is 2.66. The van der Waals surface area contributed by atoms with Crippen LogP contribution in [0.3, 0.4) is 0 Å². The fraction of sp³-hybridized carbons (Fsp3) is 0.429. The van der Waals surface area contributed by atoms with E-state index in [9.17, 15) is 43.0 Å². The zero-order valence-corrected chi connectivity index (χ0v) is 37.7. The lowest BCUT2D eigenvalue weighted by Crippen LogP contribution is -2.47. The number of H-pyrrole nitrogens is 1. The number of phosphoric acid groups is 3. The van der Waals surface area contributed by atoms with Crippen molar-refractivity contribution in [3.63, 3.8) is 0 Å². The number of nitrogens with one attached hydrogen (secondary N) is 3. The van der Waals surface area contributed by atoms with Crippen LogP contribution in [0.4, 0.5) is 22.1 Å². The van der Waals surface area contributed by atoms with Crippen LogP contribution in [-0.2, 0) is 54.7 Å². The summed E-state index contributed by atoms with van der Waals surface area (Å²) in [6.45, 7) is -0.789. The van der Waals surface area contributed by atoms with Crippen molar-refractivity contribution in [1.82, 2.24) is 25.2 Å². The Balaban J connectivity index is 1.09. The fourth-order valence-electron chi connectivity index (χ4n) is 7.04. The second-order valence-corrected chi connectivity index (χ2v) is 19.4. The Morgan fingerprint density at radius 1 is 0.938 bits per heavy atom. The number of nitrogens with two attached hydrogens (primary N) is 1. The van der Waals surface area contributed by atoms with Crippen molar-refractivity contribution in [3.05, 3.63) is 59.1 Å². The number of carbonyl (C=O) groups excluding carboxylic acids is 2.